The molecule has 0 radical (unpaired) electrons. The second-order valence-electron chi connectivity index (χ2n) is 16.9. The van der Waals surface area contributed by atoms with Gasteiger partial charge in [0.25, 0.3) is 0 Å². The number of phosphoric acid groups is 1. The molecule has 0 spiro atoms. The van der Waals surface area contributed by atoms with Crippen LogP contribution < -0.4 is 0 Å². The van der Waals surface area contributed by atoms with Crippen LogP contribution in [0.4, 0.5) is 0 Å². The Labute approximate surface area is 447 Å². The summed E-state index contributed by atoms with van der Waals surface area (Å²) in [5, 5.41) is 9.78. The predicted molar refractivity (Wildman–Crippen MR) is 306 cm³/mol. The molecule has 0 aliphatic heterocycles. The smallest absolute Gasteiger partial charge is 0.462 e. The fourth-order valence-electron chi connectivity index (χ4n) is 6.17. The average molecular weight is 1050 g/mol. The summed E-state index contributed by atoms with van der Waals surface area (Å²) in [6.45, 7) is 4.02. The van der Waals surface area contributed by atoms with Gasteiger partial charge in [0.15, 0.2) is 6.10 Å². The standard InChI is InChI=1S/C62H93O11P/c1-4-7-10-13-16-19-22-25-27-28-29-30-32-34-36-39-42-45-48-51-60(64)69-55-59(73-62(66)53-50-47-44-41-38-35-31-26-23-20-17-14-11-8-5-2)57-71-74(67,68)70-56-58(54-63)72-61(65)52-49-46-43-40-37-33-24-21-18-15-12-9-6-3/h7-12,16-21,25-27,29-31,33-34,36-38,41-42,45,47,50,58-59,63H,4-6,13-15,22-24,28,32,35,39-40,43-44,46,48-49,51-57H2,1-3H3,(H,67,68)/b10-7-,11-8-,12-9-,19-16-,20-17-,21-18-,27-25-,30-29-,31-26-,36-34-,37-33-,41-38-,45-42-,50-47-. The maximum absolute atomic E-state index is 12.9. The number of rotatable bonds is 47. The van der Waals surface area contributed by atoms with Crippen LogP contribution in [0.2, 0.25) is 0 Å². The highest BCUT2D eigenvalue weighted by Gasteiger charge is 2.28. The van der Waals surface area contributed by atoms with E-state index in [0.29, 0.717) is 19.3 Å². The van der Waals surface area contributed by atoms with Gasteiger partial charge in [-0.2, -0.15) is 0 Å². The summed E-state index contributed by atoms with van der Waals surface area (Å²) in [5.74, 6) is -1.78. The summed E-state index contributed by atoms with van der Waals surface area (Å²) in [4.78, 5) is 48.3. The highest BCUT2D eigenvalue weighted by Crippen LogP contribution is 2.43. The van der Waals surface area contributed by atoms with Gasteiger partial charge in [-0.15, -0.1) is 0 Å². The molecule has 0 aromatic rings. The van der Waals surface area contributed by atoms with E-state index in [1.165, 1.54) is 0 Å². The van der Waals surface area contributed by atoms with Gasteiger partial charge in [-0.25, -0.2) is 4.57 Å². The van der Waals surface area contributed by atoms with Crippen molar-refractivity contribution in [1.82, 2.24) is 0 Å². The molecule has 0 rings (SSSR count). The molecular weight excluding hydrogens is 952 g/mol. The molecule has 0 heterocycles. The lowest BCUT2D eigenvalue weighted by atomic mass is 10.1. The van der Waals surface area contributed by atoms with E-state index in [2.05, 4.69) is 154 Å². The second kappa shape index (κ2) is 54.1. The number of phosphoric ester groups is 1. The Morgan fingerprint density at radius 1 is 0.392 bits per heavy atom. The van der Waals surface area contributed by atoms with Crippen molar-refractivity contribution in [2.75, 3.05) is 26.4 Å². The monoisotopic (exact) mass is 1040 g/mol. The third-order valence-corrected chi connectivity index (χ3v) is 11.1. The molecule has 0 aromatic heterocycles. The van der Waals surface area contributed by atoms with Gasteiger partial charge in [0.2, 0.25) is 0 Å². The van der Waals surface area contributed by atoms with Crippen LogP contribution in [0.5, 0.6) is 0 Å². The molecule has 74 heavy (non-hydrogen) atoms. The van der Waals surface area contributed by atoms with Crippen molar-refractivity contribution in [3.05, 3.63) is 170 Å². The number of unbranched alkanes of at least 4 members (excludes halogenated alkanes) is 3. The van der Waals surface area contributed by atoms with Gasteiger partial charge >= 0.3 is 25.7 Å². The fraction of sp³-hybridized carbons (Fsp3) is 0.500. The first-order valence-corrected chi connectivity index (χ1v) is 28.5. The van der Waals surface area contributed by atoms with E-state index in [0.717, 1.165) is 103 Å². The molecule has 0 amide bonds. The average Bonchev–Trinajstić information content (AvgIpc) is 3.39. The third kappa shape index (κ3) is 51.7. The van der Waals surface area contributed by atoms with Crippen molar-refractivity contribution < 1.29 is 52.2 Å². The summed E-state index contributed by atoms with van der Waals surface area (Å²) in [6.07, 6.45) is 72.3. The molecule has 2 N–H and O–H groups in total. The Morgan fingerprint density at radius 2 is 0.743 bits per heavy atom. The van der Waals surface area contributed by atoms with Crippen molar-refractivity contribution >= 4 is 25.7 Å². The molecule has 0 bridgehead atoms. The second-order valence-corrected chi connectivity index (χ2v) is 18.4. The summed E-state index contributed by atoms with van der Waals surface area (Å²) in [6, 6.07) is 0. The van der Waals surface area contributed by atoms with E-state index in [-0.39, 0.29) is 19.3 Å². The number of carbonyl (C=O) groups is 3. The third-order valence-electron chi connectivity index (χ3n) is 10.2. The summed E-state index contributed by atoms with van der Waals surface area (Å²) < 4.78 is 39.2. The highest BCUT2D eigenvalue weighted by atomic mass is 31.2. The van der Waals surface area contributed by atoms with Crippen LogP contribution >= 0.6 is 7.82 Å². The molecule has 0 aliphatic rings. The Morgan fingerprint density at radius 3 is 1.15 bits per heavy atom. The van der Waals surface area contributed by atoms with Gasteiger partial charge < -0.3 is 24.2 Å². The van der Waals surface area contributed by atoms with E-state index >= 15 is 0 Å². The number of carbonyl (C=O) groups excluding carboxylic acids is 3. The Kier molecular flexibility index (Phi) is 50.3. The van der Waals surface area contributed by atoms with Crippen molar-refractivity contribution in [2.45, 2.75) is 174 Å². The van der Waals surface area contributed by atoms with Crippen LogP contribution in [0.3, 0.4) is 0 Å². The van der Waals surface area contributed by atoms with Gasteiger partial charge in [-0.1, -0.05) is 197 Å². The molecule has 412 valence electrons. The van der Waals surface area contributed by atoms with Gasteiger partial charge in [0.1, 0.15) is 12.7 Å². The molecule has 0 saturated carbocycles. The van der Waals surface area contributed by atoms with Crippen LogP contribution in [0.1, 0.15) is 162 Å². The number of hydrogen-bond acceptors (Lipinski definition) is 10. The Bertz CT molecular complexity index is 1890. The van der Waals surface area contributed by atoms with Crippen molar-refractivity contribution in [3.63, 3.8) is 0 Å². The Balaban J connectivity index is 5.01. The quantitative estimate of drug-likeness (QED) is 0.0197. The van der Waals surface area contributed by atoms with E-state index in [1.807, 2.05) is 30.4 Å². The van der Waals surface area contributed by atoms with Crippen LogP contribution in [-0.4, -0.2) is 66.5 Å². The van der Waals surface area contributed by atoms with E-state index in [4.69, 9.17) is 23.3 Å². The van der Waals surface area contributed by atoms with Gasteiger partial charge in [-0.05, 0) is 116 Å². The molecule has 11 nitrogen and oxygen atoms in total. The number of ether oxygens (including phenoxy) is 3. The zero-order chi connectivity index (χ0) is 54.1. The number of aliphatic hydroxyl groups is 1. The van der Waals surface area contributed by atoms with Crippen LogP contribution in [-0.2, 0) is 42.2 Å². The lowest BCUT2D eigenvalue weighted by molar-refractivity contribution is -0.160. The predicted octanol–water partition coefficient (Wildman–Crippen LogP) is 15.9. The molecular formula is C62H93O11P. The topological polar surface area (TPSA) is 155 Å². The van der Waals surface area contributed by atoms with Crippen molar-refractivity contribution in [1.29, 1.82) is 0 Å². The van der Waals surface area contributed by atoms with Gasteiger partial charge in [-0.3, -0.25) is 23.4 Å². The van der Waals surface area contributed by atoms with Crippen molar-refractivity contribution in [2.24, 2.45) is 0 Å². The van der Waals surface area contributed by atoms with Crippen LogP contribution in [0, 0.1) is 0 Å². The number of esters is 3. The maximum atomic E-state index is 12.9. The van der Waals surface area contributed by atoms with Gasteiger partial charge in [0, 0.05) is 12.8 Å². The first kappa shape index (κ1) is 68.8. The summed E-state index contributed by atoms with van der Waals surface area (Å²) >= 11 is 0. The van der Waals surface area contributed by atoms with Gasteiger partial charge in [0.05, 0.1) is 26.2 Å². The Hall–Kier alpha value is -5.16. The maximum Gasteiger partial charge on any atom is 0.472 e. The lowest BCUT2D eigenvalue weighted by Gasteiger charge is -2.21. The molecule has 3 unspecified atom stereocenters. The lowest BCUT2D eigenvalue weighted by Crippen LogP contribution is -2.30. The van der Waals surface area contributed by atoms with Crippen molar-refractivity contribution in [3.8, 4) is 0 Å². The zero-order valence-electron chi connectivity index (χ0n) is 45.2. The first-order chi connectivity index (χ1) is 36.2. The number of allylic oxidation sites excluding steroid dienone is 27. The largest absolute Gasteiger partial charge is 0.472 e. The molecule has 0 fully saturated rings. The normalized spacial score (nSPS) is 14.7. The van der Waals surface area contributed by atoms with E-state index in [1.54, 1.807) is 6.08 Å². The number of hydrogen-bond donors (Lipinski definition) is 2. The minimum absolute atomic E-state index is 0.0692. The number of aliphatic hydroxyl groups excluding tert-OH is 1. The SMILES string of the molecule is CC/C=C\C/C=C\C/C=C\C/C=C\C/C=C\C/C=C\CCC(=O)OCC(COP(=O)(O)OCC(CO)OC(=O)CCCCC/C=C\C/C=C\C/C=C\CC)OC(=O)C/C=C\C/C=C\C/C=C\C/C=C\C/C=C\CC. The molecule has 3 atom stereocenters. The molecule has 0 aromatic carbocycles. The van der Waals surface area contributed by atoms with Crippen LogP contribution in [0.15, 0.2) is 170 Å². The minimum atomic E-state index is -4.81. The fourth-order valence-corrected chi connectivity index (χ4v) is 6.96. The first-order valence-electron chi connectivity index (χ1n) is 27.0. The van der Waals surface area contributed by atoms with E-state index < -0.39 is 64.4 Å². The van der Waals surface area contributed by atoms with Crippen LogP contribution in [0.25, 0.3) is 0 Å². The summed E-state index contributed by atoms with van der Waals surface area (Å²) in [7, 11) is -4.81. The highest BCUT2D eigenvalue weighted by molar-refractivity contribution is 7.47. The molecule has 12 heteroatoms. The zero-order valence-corrected chi connectivity index (χ0v) is 46.1. The molecule has 0 saturated heterocycles. The molecule has 0 aliphatic carbocycles. The summed E-state index contributed by atoms with van der Waals surface area (Å²) in [5.41, 5.74) is 0. The minimum Gasteiger partial charge on any atom is -0.462 e. The van der Waals surface area contributed by atoms with E-state index in [9.17, 15) is 28.9 Å².